The zero-order chi connectivity index (χ0) is 14.4. The van der Waals surface area contributed by atoms with Crippen LogP contribution in [0, 0.1) is 11.3 Å². The summed E-state index contributed by atoms with van der Waals surface area (Å²) in [5.41, 5.74) is 1.40. The van der Waals surface area contributed by atoms with Crippen molar-refractivity contribution in [1.29, 1.82) is 5.26 Å². The fraction of sp³-hybridized carbons (Fsp3) is 0.667. The molecule has 1 saturated heterocycles. The Hall–Kier alpha value is -1.87. The van der Waals surface area contributed by atoms with Crippen LogP contribution in [-0.4, -0.2) is 52.6 Å². The van der Waals surface area contributed by atoms with Crippen molar-refractivity contribution in [3.63, 3.8) is 0 Å². The highest BCUT2D eigenvalue weighted by atomic mass is 16.5. The first kappa shape index (κ1) is 12.8. The third kappa shape index (κ3) is 2.32. The fourth-order valence-corrected chi connectivity index (χ4v) is 3.17. The molecule has 2 heterocycles. The third-order valence-electron chi connectivity index (χ3n) is 4.67. The van der Waals surface area contributed by atoms with Crippen molar-refractivity contribution in [3.8, 4) is 6.07 Å². The molecule has 1 unspecified atom stereocenters. The van der Waals surface area contributed by atoms with Crippen LogP contribution in [0.4, 0.5) is 0 Å². The molecule has 1 aromatic heterocycles. The van der Waals surface area contributed by atoms with Crippen LogP contribution in [0.2, 0.25) is 0 Å². The molecule has 1 aliphatic heterocycles. The second-order valence-electron chi connectivity index (χ2n) is 6.25. The maximum absolute atomic E-state index is 12.7. The summed E-state index contributed by atoms with van der Waals surface area (Å²) in [6.45, 7) is 1.96. The quantitative estimate of drug-likeness (QED) is 0.839. The molecule has 21 heavy (non-hydrogen) atoms. The summed E-state index contributed by atoms with van der Waals surface area (Å²) in [4.78, 5) is 16.7. The number of hydrogen-bond acceptors (Lipinski definition) is 5. The summed E-state index contributed by atoms with van der Waals surface area (Å²) in [6.07, 6.45) is 6.00. The van der Waals surface area contributed by atoms with Crippen molar-refractivity contribution in [2.45, 2.75) is 43.7 Å². The van der Waals surface area contributed by atoms with Gasteiger partial charge in [-0.05, 0) is 25.7 Å². The minimum atomic E-state index is -0.181. The van der Waals surface area contributed by atoms with E-state index in [9.17, 15) is 10.1 Å². The molecule has 4 rings (SSSR count). The van der Waals surface area contributed by atoms with Crippen LogP contribution in [0.3, 0.4) is 0 Å². The van der Waals surface area contributed by atoms with Gasteiger partial charge in [0, 0.05) is 31.6 Å². The van der Waals surface area contributed by atoms with E-state index in [0.29, 0.717) is 30.6 Å². The molecule has 2 saturated carbocycles. The average molecular weight is 286 g/mol. The van der Waals surface area contributed by atoms with Gasteiger partial charge in [0.15, 0.2) is 0 Å². The summed E-state index contributed by atoms with van der Waals surface area (Å²) in [5.74, 6) is 0.357. The van der Waals surface area contributed by atoms with Gasteiger partial charge in [-0.25, -0.2) is 0 Å². The lowest BCUT2D eigenvalue weighted by atomic mass is 10.1. The Morgan fingerprint density at radius 1 is 1.33 bits per heavy atom. The topological polar surface area (TPSA) is 73.4 Å². The van der Waals surface area contributed by atoms with Gasteiger partial charge in [0.1, 0.15) is 17.9 Å². The number of nitrogens with zero attached hydrogens (tertiary/aromatic N) is 4. The SMILES string of the molecule is N#CC1CN(C(=O)c2conc2C2CC2)CCN1C1CC1. The average Bonchev–Trinajstić information content (AvgIpc) is 3.44. The van der Waals surface area contributed by atoms with Gasteiger partial charge in [0.2, 0.25) is 0 Å². The molecule has 3 aliphatic rings. The van der Waals surface area contributed by atoms with E-state index in [1.54, 1.807) is 4.90 Å². The smallest absolute Gasteiger partial charge is 0.259 e. The lowest BCUT2D eigenvalue weighted by Crippen LogP contribution is -2.54. The second kappa shape index (κ2) is 4.85. The number of aromatic nitrogens is 1. The zero-order valence-electron chi connectivity index (χ0n) is 11.9. The van der Waals surface area contributed by atoms with E-state index < -0.39 is 0 Å². The highest BCUT2D eigenvalue weighted by molar-refractivity contribution is 5.95. The number of carbonyl (C=O) groups excluding carboxylic acids is 1. The Bertz CT molecular complexity index is 597. The van der Waals surface area contributed by atoms with Gasteiger partial charge >= 0.3 is 0 Å². The van der Waals surface area contributed by atoms with Crippen LogP contribution in [0.15, 0.2) is 10.8 Å². The first-order valence-corrected chi connectivity index (χ1v) is 7.67. The van der Waals surface area contributed by atoms with Crippen LogP contribution in [0.5, 0.6) is 0 Å². The summed E-state index contributed by atoms with van der Waals surface area (Å²) < 4.78 is 5.01. The lowest BCUT2D eigenvalue weighted by Gasteiger charge is -2.38. The molecule has 0 bridgehead atoms. The van der Waals surface area contributed by atoms with Crippen LogP contribution in [0.25, 0.3) is 0 Å². The monoisotopic (exact) mass is 286 g/mol. The van der Waals surface area contributed by atoms with E-state index in [1.165, 1.54) is 19.1 Å². The predicted molar refractivity (Wildman–Crippen MR) is 73.5 cm³/mol. The van der Waals surface area contributed by atoms with E-state index in [-0.39, 0.29) is 11.9 Å². The maximum Gasteiger partial charge on any atom is 0.259 e. The van der Waals surface area contributed by atoms with Crippen LogP contribution < -0.4 is 0 Å². The Kier molecular flexibility index (Phi) is 2.96. The Morgan fingerprint density at radius 3 is 2.81 bits per heavy atom. The number of nitriles is 1. The minimum absolute atomic E-state index is 0.0335. The standard InChI is InChI=1S/C15H18N4O2/c16-7-12-8-18(5-6-19(12)11-3-4-11)15(20)13-9-21-17-14(13)10-1-2-10/h9-12H,1-6,8H2. The van der Waals surface area contributed by atoms with Gasteiger partial charge in [-0.1, -0.05) is 5.16 Å². The predicted octanol–water partition coefficient (Wildman–Crippen LogP) is 1.36. The molecule has 2 aliphatic carbocycles. The molecule has 0 radical (unpaired) electrons. The zero-order valence-corrected chi connectivity index (χ0v) is 11.9. The number of carbonyl (C=O) groups is 1. The Morgan fingerprint density at radius 2 is 2.14 bits per heavy atom. The maximum atomic E-state index is 12.7. The molecular formula is C15H18N4O2. The molecule has 0 aromatic carbocycles. The van der Waals surface area contributed by atoms with E-state index in [4.69, 9.17) is 4.52 Å². The normalized spacial score (nSPS) is 26.6. The van der Waals surface area contributed by atoms with Crippen molar-refractivity contribution in [3.05, 3.63) is 17.5 Å². The van der Waals surface area contributed by atoms with Crippen molar-refractivity contribution in [2.24, 2.45) is 0 Å². The minimum Gasteiger partial charge on any atom is -0.364 e. The van der Waals surface area contributed by atoms with Gasteiger partial charge in [-0.3, -0.25) is 9.69 Å². The van der Waals surface area contributed by atoms with E-state index in [0.717, 1.165) is 25.1 Å². The summed E-state index contributed by atoms with van der Waals surface area (Å²) in [6, 6.07) is 2.73. The van der Waals surface area contributed by atoms with Gasteiger partial charge in [-0.15, -0.1) is 0 Å². The van der Waals surface area contributed by atoms with Gasteiger partial charge < -0.3 is 9.42 Å². The number of hydrogen-bond donors (Lipinski definition) is 0. The first-order chi connectivity index (χ1) is 10.3. The summed E-state index contributed by atoms with van der Waals surface area (Å²) >= 11 is 0. The largest absolute Gasteiger partial charge is 0.364 e. The van der Waals surface area contributed by atoms with Crippen molar-refractivity contribution < 1.29 is 9.32 Å². The highest BCUT2D eigenvalue weighted by Crippen LogP contribution is 2.41. The Balaban J connectivity index is 1.50. The van der Waals surface area contributed by atoms with Crippen LogP contribution in [0.1, 0.15) is 47.7 Å². The fourth-order valence-electron chi connectivity index (χ4n) is 3.17. The molecule has 1 amide bonds. The molecule has 0 N–H and O–H groups in total. The van der Waals surface area contributed by atoms with Crippen molar-refractivity contribution in [2.75, 3.05) is 19.6 Å². The number of amides is 1. The molecule has 110 valence electrons. The molecule has 3 fully saturated rings. The van der Waals surface area contributed by atoms with Crippen molar-refractivity contribution >= 4 is 5.91 Å². The van der Waals surface area contributed by atoms with Crippen molar-refractivity contribution in [1.82, 2.24) is 15.0 Å². The number of rotatable bonds is 3. The van der Waals surface area contributed by atoms with Gasteiger partial charge in [0.25, 0.3) is 5.91 Å². The molecular weight excluding hydrogens is 268 g/mol. The molecule has 6 nitrogen and oxygen atoms in total. The van der Waals surface area contributed by atoms with E-state index in [2.05, 4.69) is 16.1 Å². The highest BCUT2D eigenvalue weighted by Gasteiger charge is 2.40. The molecule has 1 aromatic rings. The van der Waals surface area contributed by atoms with Gasteiger partial charge in [0.05, 0.1) is 11.8 Å². The van der Waals surface area contributed by atoms with Crippen LogP contribution in [-0.2, 0) is 0 Å². The number of piperazine rings is 1. The van der Waals surface area contributed by atoms with Gasteiger partial charge in [-0.2, -0.15) is 5.26 Å². The second-order valence-corrected chi connectivity index (χ2v) is 6.25. The summed E-state index contributed by atoms with van der Waals surface area (Å²) in [5, 5.41) is 13.3. The van der Waals surface area contributed by atoms with E-state index >= 15 is 0 Å². The molecule has 6 heteroatoms. The van der Waals surface area contributed by atoms with Crippen LogP contribution >= 0.6 is 0 Å². The molecule has 0 spiro atoms. The first-order valence-electron chi connectivity index (χ1n) is 7.67. The molecule has 1 atom stereocenters. The Labute approximate surface area is 123 Å². The lowest BCUT2D eigenvalue weighted by molar-refractivity contribution is 0.0549. The summed E-state index contributed by atoms with van der Waals surface area (Å²) in [7, 11) is 0. The third-order valence-corrected chi connectivity index (χ3v) is 4.67. The van der Waals surface area contributed by atoms with E-state index in [1.807, 2.05) is 0 Å².